The Morgan fingerprint density at radius 1 is 1.30 bits per heavy atom. The van der Waals surface area contributed by atoms with E-state index in [4.69, 9.17) is 10.00 Å². The number of hydrogen-bond donors (Lipinski definition) is 1. The Morgan fingerprint density at radius 3 is 2.65 bits per heavy atom. The summed E-state index contributed by atoms with van der Waals surface area (Å²) in [4.78, 5) is 16.6. The summed E-state index contributed by atoms with van der Waals surface area (Å²) >= 11 is 0. The van der Waals surface area contributed by atoms with Gasteiger partial charge in [0.1, 0.15) is 11.8 Å². The standard InChI is InChI=1S/C12H6F3N3O2/c13-12(14,15)10-9(11(19)18-6-17-10)20-8-4-2-1-3-7(8)5-16/h1-4,6H,(H,17,18,19). The summed E-state index contributed by atoms with van der Waals surface area (Å²) in [6.07, 6.45) is -4.21. The summed E-state index contributed by atoms with van der Waals surface area (Å²) in [5, 5.41) is 8.84. The quantitative estimate of drug-likeness (QED) is 0.917. The molecule has 1 aromatic carbocycles. The molecule has 0 aliphatic rings. The predicted molar refractivity (Wildman–Crippen MR) is 61.1 cm³/mol. The number of nitrogens with one attached hydrogen (secondary N) is 1. The average Bonchev–Trinajstić information content (AvgIpc) is 2.40. The first-order chi connectivity index (χ1) is 9.43. The lowest BCUT2D eigenvalue weighted by molar-refractivity contribution is -0.142. The Kier molecular flexibility index (Phi) is 3.43. The monoisotopic (exact) mass is 281 g/mol. The van der Waals surface area contributed by atoms with Crippen molar-refractivity contribution in [1.29, 1.82) is 5.26 Å². The Hall–Kier alpha value is -2.82. The Morgan fingerprint density at radius 2 is 2.00 bits per heavy atom. The Labute approximate surface area is 110 Å². The Balaban J connectivity index is 2.55. The SMILES string of the molecule is N#Cc1ccccc1Oc1c(C(F)(F)F)nc[nH]c1=O. The van der Waals surface area contributed by atoms with Gasteiger partial charge in [-0.05, 0) is 12.1 Å². The van der Waals surface area contributed by atoms with E-state index >= 15 is 0 Å². The lowest BCUT2D eigenvalue weighted by Gasteiger charge is -2.11. The van der Waals surface area contributed by atoms with E-state index in [0.717, 1.165) is 0 Å². The molecule has 1 aromatic heterocycles. The number of halogens is 3. The summed E-state index contributed by atoms with van der Waals surface area (Å²) in [5.74, 6) is -1.15. The van der Waals surface area contributed by atoms with Crippen LogP contribution in [0.1, 0.15) is 11.3 Å². The number of benzene rings is 1. The topological polar surface area (TPSA) is 78.8 Å². The van der Waals surface area contributed by atoms with Crippen molar-refractivity contribution < 1.29 is 17.9 Å². The van der Waals surface area contributed by atoms with Gasteiger partial charge in [0.2, 0.25) is 5.75 Å². The lowest BCUT2D eigenvalue weighted by Crippen LogP contribution is -2.19. The van der Waals surface area contributed by atoms with Gasteiger partial charge in [0.25, 0.3) is 5.56 Å². The van der Waals surface area contributed by atoms with Gasteiger partial charge < -0.3 is 9.72 Å². The molecule has 0 fully saturated rings. The van der Waals surface area contributed by atoms with Crippen LogP contribution in [0.15, 0.2) is 35.4 Å². The number of nitriles is 1. The number of H-pyrrole nitrogens is 1. The zero-order valence-corrected chi connectivity index (χ0v) is 9.73. The molecule has 20 heavy (non-hydrogen) atoms. The zero-order chi connectivity index (χ0) is 14.8. The predicted octanol–water partition coefficient (Wildman–Crippen LogP) is 2.45. The van der Waals surface area contributed by atoms with Crippen molar-refractivity contribution in [2.45, 2.75) is 6.18 Å². The third-order valence-corrected chi connectivity index (χ3v) is 2.30. The van der Waals surface area contributed by atoms with Gasteiger partial charge in [-0.3, -0.25) is 4.79 Å². The molecular weight excluding hydrogens is 275 g/mol. The molecule has 2 rings (SSSR count). The van der Waals surface area contributed by atoms with Crippen LogP contribution in [0.5, 0.6) is 11.5 Å². The fourth-order valence-electron chi connectivity index (χ4n) is 1.44. The lowest BCUT2D eigenvalue weighted by atomic mass is 10.2. The van der Waals surface area contributed by atoms with Crippen molar-refractivity contribution in [3.8, 4) is 17.6 Å². The highest BCUT2D eigenvalue weighted by Crippen LogP contribution is 2.34. The van der Waals surface area contributed by atoms with Crippen LogP contribution in [0.2, 0.25) is 0 Å². The smallest absolute Gasteiger partial charge is 0.437 e. The molecule has 0 aliphatic carbocycles. The number of aromatic nitrogens is 2. The number of rotatable bonds is 2. The second kappa shape index (κ2) is 5.05. The van der Waals surface area contributed by atoms with Crippen LogP contribution < -0.4 is 10.3 Å². The van der Waals surface area contributed by atoms with E-state index in [-0.39, 0.29) is 11.3 Å². The van der Waals surface area contributed by atoms with E-state index in [1.165, 1.54) is 24.3 Å². The van der Waals surface area contributed by atoms with Crippen molar-refractivity contribution in [3.63, 3.8) is 0 Å². The first-order valence-electron chi connectivity index (χ1n) is 5.25. The van der Waals surface area contributed by atoms with Crippen LogP contribution in [-0.4, -0.2) is 9.97 Å². The normalized spacial score (nSPS) is 10.9. The van der Waals surface area contributed by atoms with E-state index in [1.807, 2.05) is 4.98 Å². The van der Waals surface area contributed by atoms with Crippen molar-refractivity contribution in [3.05, 3.63) is 52.2 Å². The average molecular weight is 281 g/mol. The maximum Gasteiger partial charge on any atom is 0.437 e. The molecule has 0 aliphatic heterocycles. The van der Waals surface area contributed by atoms with Crippen molar-refractivity contribution >= 4 is 0 Å². The van der Waals surface area contributed by atoms with E-state index in [9.17, 15) is 18.0 Å². The Bertz CT molecular complexity index is 732. The van der Waals surface area contributed by atoms with Gasteiger partial charge in [-0.15, -0.1) is 0 Å². The molecule has 0 spiro atoms. The molecule has 2 aromatic rings. The van der Waals surface area contributed by atoms with Gasteiger partial charge in [-0.2, -0.15) is 18.4 Å². The minimum Gasteiger partial charge on any atom is -0.448 e. The van der Waals surface area contributed by atoms with Crippen LogP contribution in [-0.2, 0) is 6.18 Å². The van der Waals surface area contributed by atoms with Crippen molar-refractivity contribution in [1.82, 2.24) is 9.97 Å². The molecule has 1 N–H and O–H groups in total. The third kappa shape index (κ3) is 2.61. The third-order valence-electron chi connectivity index (χ3n) is 2.30. The van der Waals surface area contributed by atoms with E-state index < -0.39 is 23.2 Å². The molecule has 0 saturated carbocycles. The van der Waals surface area contributed by atoms with Crippen molar-refractivity contribution in [2.24, 2.45) is 0 Å². The van der Waals surface area contributed by atoms with E-state index in [1.54, 1.807) is 6.07 Å². The second-order valence-corrected chi connectivity index (χ2v) is 3.62. The van der Waals surface area contributed by atoms with E-state index in [0.29, 0.717) is 6.33 Å². The first-order valence-corrected chi connectivity index (χ1v) is 5.25. The molecule has 5 nitrogen and oxygen atoms in total. The van der Waals surface area contributed by atoms with Gasteiger partial charge in [-0.1, -0.05) is 12.1 Å². The molecule has 0 unspecified atom stereocenters. The second-order valence-electron chi connectivity index (χ2n) is 3.62. The zero-order valence-electron chi connectivity index (χ0n) is 9.73. The highest BCUT2D eigenvalue weighted by atomic mass is 19.4. The van der Waals surface area contributed by atoms with Crippen LogP contribution >= 0.6 is 0 Å². The number of para-hydroxylation sites is 1. The summed E-state index contributed by atoms with van der Waals surface area (Å²) in [5.41, 5.74) is -2.53. The number of hydrogen-bond acceptors (Lipinski definition) is 4. The van der Waals surface area contributed by atoms with Gasteiger partial charge in [0, 0.05) is 0 Å². The number of nitrogens with zero attached hydrogens (tertiary/aromatic N) is 2. The highest BCUT2D eigenvalue weighted by Gasteiger charge is 2.38. The van der Waals surface area contributed by atoms with Gasteiger partial charge in [0.05, 0.1) is 11.9 Å². The number of ether oxygens (including phenoxy) is 1. The van der Waals surface area contributed by atoms with Crippen molar-refractivity contribution in [2.75, 3.05) is 0 Å². The highest BCUT2D eigenvalue weighted by molar-refractivity contribution is 5.45. The van der Waals surface area contributed by atoms with Gasteiger partial charge >= 0.3 is 6.18 Å². The summed E-state index contributed by atoms with van der Waals surface area (Å²) in [6.45, 7) is 0. The molecule has 102 valence electrons. The number of aromatic amines is 1. The largest absolute Gasteiger partial charge is 0.448 e. The first kappa shape index (κ1) is 13.6. The maximum absolute atomic E-state index is 12.8. The molecule has 1 heterocycles. The van der Waals surface area contributed by atoms with Crippen LogP contribution in [0.3, 0.4) is 0 Å². The van der Waals surface area contributed by atoms with Gasteiger partial charge in [-0.25, -0.2) is 4.98 Å². The summed E-state index contributed by atoms with van der Waals surface area (Å²) in [6, 6.07) is 7.38. The maximum atomic E-state index is 12.8. The molecule has 0 saturated heterocycles. The molecule has 0 bridgehead atoms. The minimum absolute atomic E-state index is 0.00359. The molecule has 0 atom stereocenters. The van der Waals surface area contributed by atoms with Crippen LogP contribution in [0.4, 0.5) is 13.2 Å². The molecule has 8 heteroatoms. The fourth-order valence-corrected chi connectivity index (χ4v) is 1.44. The molecular formula is C12H6F3N3O2. The van der Waals surface area contributed by atoms with Crippen LogP contribution in [0.25, 0.3) is 0 Å². The molecule has 0 amide bonds. The molecule has 0 radical (unpaired) electrons. The fraction of sp³-hybridized carbons (Fsp3) is 0.0833. The summed E-state index contributed by atoms with van der Waals surface area (Å²) < 4.78 is 43.2. The van der Waals surface area contributed by atoms with E-state index in [2.05, 4.69) is 4.98 Å². The van der Waals surface area contributed by atoms with Gasteiger partial charge in [0.15, 0.2) is 5.69 Å². The number of alkyl halides is 3. The summed E-state index contributed by atoms with van der Waals surface area (Å²) in [7, 11) is 0. The minimum atomic E-state index is -4.84. The van der Waals surface area contributed by atoms with Crippen LogP contribution in [0, 0.1) is 11.3 Å².